The summed E-state index contributed by atoms with van der Waals surface area (Å²) in [5.74, 6) is -0.735. The van der Waals surface area contributed by atoms with Gasteiger partial charge in [-0.05, 0) is 43.4 Å². The van der Waals surface area contributed by atoms with Crippen LogP contribution in [-0.4, -0.2) is 49.8 Å². The van der Waals surface area contributed by atoms with E-state index in [2.05, 4.69) is 16.0 Å². The van der Waals surface area contributed by atoms with Crippen LogP contribution in [0.5, 0.6) is 0 Å². The van der Waals surface area contributed by atoms with E-state index in [1.807, 2.05) is 0 Å². The Morgan fingerprint density at radius 3 is 2.11 bits per heavy atom. The van der Waals surface area contributed by atoms with Crippen LogP contribution in [0.4, 0.5) is 11.4 Å². The van der Waals surface area contributed by atoms with Crippen molar-refractivity contribution in [2.45, 2.75) is 0 Å². The Balaban J connectivity index is 1.82. The molecule has 0 aliphatic heterocycles. The third kappa shape index (κ3) is 6.40. The first kappa shape index (κ1) is 20.4. The summed E-state index contributed by atoms with van der Waals surface area (Å²) in [5, 5.41) is 8.41. The second-order valence-electron chi connectivity index (χ2n) is 5.90. The largest absolute Gasteiger partial charge is 0.355 e. The molecule has 0 heterocycles. The summed E-state index contributed by atoms with van der Waals surface area (Å²) < 4.78 is 0. The monoisotopic (exact) mass is 388 g/mol. The molecule has 8 heteroatoms. The fourth-order valence-corrected chi connectivity index (χ4v) is 2.53. The Morgan fingerprint density at radius 1 is 0.926 bits per heavy atom. The van der Waals surface area contributed by atoms with E-state index in [-0.39, 0.29) is 30.8 Å². The lowest BCUT2D eigenvalue weighted by Gasteiger charge is -2.16. The maximum absolute atomic E-state index is 12.1. The predicted molar refractivity (Wildman–Crippen MR) is 106 cm³/mol. The second-order valence-corrected chi connectivity index (χ2v) is 6.31. The molecule has 7 nitrogen and oxygen atoms in total. The molecule has 0 atom stereocenters. The Labute approximate surface area is 162 Å². The molecule has 142 valence electrons. The molecule has 2 rings (SSSR count). The van der Waals surface area contributed by atoms with Crippen molar-refractivity contribution in [3.63, 3.8) is 0 Å². The third-order valence-corrected chi connectivity index (χ3v) is 3.96. The van der Waals surface area contributed by atoms with E-state index < -0.39 is 0 Å². The van der Waals surface area contributed by atoms with Gasteiger partial charge in [0.1, 0.15) is 0 Å². The van der Waals surface area contributed by atoms with Gasteiger partial charge in [-0.2, -0.15) is 0 Å². The molecule has 0 aliphatic rings. The zero-order chi connectivity index (χ0) is 19.8. The maximum Gasteiger partial charge on any atom is 0.251 e. The molecule has 2 aromatic carbocycles. The number of anilines is 2. The van der Waals surface area contributed by atoms with Gasteiger partial charge in [-0.25, -0.2) is 0 Å². The van der Waals surface area contributed by atoms with E-state index in [9.17, 15) is 14.4 Å². The molecule has 0 saturated carbocycles. The van der Waals surface area contributed by atoms with Crippen molar-refractivity contribution < 1.29 is 14.4 Å². The van der Waals surface area contributed by atoms with Gasteiger partial charge < -0.3 is 16.0 Å². The Morgan fingerprint density at radius 2 is 1.52 bits per heavy atom. The molecule has 3 N–H and O–H groups in total. The molecule has 0 spiro atoms. The Kier molecular flexibility index (Phi) is 7.34. The van der Waals surface area contributed by atoms with Crippen LogP contribution in [0.15, 0.2) is 48.5 Å². The molecule has 0 unspecified atom stereocenters. The number of carbonyl (C=O) groups is 3. The zero-order valence-electron chi connectivity index (χ0n) is 15.1. The minimum atomic E-state index is -0.270. The summed E-state index contributed by atoms with van der Waals surface area (Å²) in [7, 11) is 3.22. The van der Waals surface area contributed by atoms with E-state index in [0.717, 1.165) is 0 Å². The summed E-state index contributed by atoms with van der Waals surface area (Å²) in [5.41, 5.74) is 1.60. The molecule has 0 fully saturated rings. The van der Waals surface area contributed by atoms with Crippen LogP contribution in [-0.2, 0) is 9.59 Å². The quantitative estimate of drug-likeness (QED) is 0.678. The molecule has 0 saturated heterocycles. The molecule has 0 bridgehead atoms. The number of hydrogen-bond acceptors (Lipinski definition) is 4. The number of rotatable bonds is 7. The number of nitrogens with one attached hydrogen (secondary N) is 3. The predicted octanol–water partition coefficient (Wildman–Crippen LogP) is 2.21. The Hall–Kier alpha value is -2.90. The van der Waals surface area contributed by atoms with E-state index in [0.29, 0.717) is 22.0 Å². The van der Waals surface area contributed by atoms with Gasteiger partial charge in [0.05, 0.1) is 23.8 Å². The third-order valence-electron chi connectivity index (χ3n) is 3.63. The molecular formula is C19H21ClN4O3. The molecule has 0 radical (unpaired) electrons. The zero-order valence-corrected chi connectivity index (χ0v) is 15.8. The highest BCUT2D eigenvalue weighted by atomic mass is 35.5. The number of likely N-dealkylation sites (N-methyl/N-ethyl adjacent to an activating group) is 1. The fraction of sp³-hybridized carbons (Fsp3) is 0.211. The SMILES string of the molecule is CNC(=O)c1ccc(NC(=O)CN(C)CC(=O)Nc2ccccc2Cl)cc1. The normalized spacial score (nSPS) is 10.4. The van der Waals surface area contributed by atoms with E-state index in [4.69, 9.17) is 11.6 Å². The van der Waals surface area contributed by atoms with Gasteiger partial charge in [0.2, 0.25) is 11.8 Å². The van der Waals surface area contributed by atoms with Gasteiger partial charge in [0.25, 0.3) is 5.91 Å². The van der Waals surface area contributed by atoms with Crippen LogP contribution < -0.4 is 16.0 Å². The highest BCUT2D eigenvalue weighted by Gasteiger charge is 2.12. The van der Waals surface area contributed by atoms with Crippen molar-refractivity contribution in [3.8, 4) is 0 Å². The lowest BCUT2D eigenvalue weighted by Crippen LogP contribution is -2.36. The molecule has 3 amide bonds. The lowest BCUT2D eigenvalue weighted by atomic mass is 10.2. The fourth-order valence-electron chi connectivity index (χ4n) is 2.35. The van der Waals surface area contributed by atoms with Gasteiger partial charge in [-0.1, -0.05) is 23.7 Å². The van der Waals surface area contributed by atoms with Gasteiger partial charge in [-0.15, -0.1) is 0 Å². The van der Waals surface area contributed by atoms with Crippen LogP contribution in [0.3, 0.4) is 0 Å². The summed E-state index contributed by atoms with van der Waals surface area (Å²) in [6.07, 6.45) is 0. The van der Waals surface area contributed by atoms with Crippen LogP contribution in [0.25, 0.3) is 0 Å². The van der Waals surface area contributed by atoms with Crippen LogP contribution in [0.1, 0.15) is 10.4 Å². The highest BCUT2D eigenvalue weighted by molar-refractivity contribution is 6.33. The van der Waals surface area contributed by atoms with Crippen molar-refractivity contribution in [2.24, 2.45) is 0 Å². The summed E-state index contributed by atoms with van der Waals surface area (Å²) in [4.78, 5) is 37.3. The average Bonchev–Trinajstić information content (AvgIpc) is 2.63. The van der Waals surface area contributed by atoms with E-state index in [1.54, 1.807) is 67.5 Å². The standard InChI is InChI=1S/C19H21ClN4O3/c1-21-19(27)13-7-9-14(10-8-13)22-17(25)11-24(2)12-18(26)23-16-6-4-3-5-15(16)20/h3-10H,11-12H2,1-2H3,(H,21,27)(H,22,25)(H,23,26). The topological polar surface area (TPSA) is 90.5 Å². The first-order chi connectivity index (χ1) is 12.9. The summed E-state index contributed by atoms with van der Waals surface area (Å²) >= 11 is 6.00. The average molecular weight is 389 g/mol. The summed E-state index contributed by atoms with van der Waals surface area (Å²) in [6, 6.07) is 13.5. The minimum absolute atomic E-state index is 0.0349. The van der Waals surface area contributed by atoms with Gasteiger partial charge in [0.15, 0.2) is 0 Å². The van der Waals surface area contributed by atoms with Gasteiger partial charge >= 0.3 is 0 Å². The van der Waals surface area contributed by atoms with Crippen molar-refractivity contribution in [1.82, 2.24) is 10.2 Å². The van der Waals surface area contributed by atoms with Crippen LogP contribution in [0.2, 0.25) is 5.02 Å². The van der Waals surface area contributed by atoms with Gasteiger partial charge in [0, 0.05) is 18.3 Å². The number of benzene rings is 2. The van der Waals surface area contributed by atoms with Crippen molar-refractivity contribution >= 4 is 40.7 Å². The Bertz CT molecular complexity index is 824. The van der Waals surface area contributed by atoms with E-state index in [1.165, 1.54) is 0 Å². The molecule has 27 heavy (non-hydrogen) atoms. The number of halogens is 1. The minimum Gasteiger partial charge on any atom is -0.355 e. The number of amides is 3. The number of nitrogens with zero attached hydrogens (tertiary/aromatic N) is 1. The van der Waals surface area contributed by atoms with Crippen LogP contribution >= 0.6 is 11.6 Å². The van der Waals surface area contributed by atoms with Crippen molar-refractivity contribution in [2.75, 3.05) is 37.8 Å². The maximum atomic E-state index is 12.1. The van der Waals surface area contributed by atoms with E-state index >= 15 is 0 Å². The van der Waals surface area contributed by atoms with Crippen LogP contribution in [0, 0.1) is 0 Å². The second kappa shape index (κ2) is 9.70. The summed E-state index contributed by atoms with van der Waals surface area (Å²) in [6.45, 7) is 0.0708. The number of carbonyl (C=O) groups excluding carboxylic acids is 3. The molecule has 0 aliphatic carbocycles. The lowest BCUT2D eigenvalue weighted by molar-refractivity contribution is -0.119. The first-order valence-corrected chi connectivity index (χ1v) is 8.61. The molecule has 2 aromatic rings. The smallest absolute Gasteiger partial charge is 0.251 e. The number of hydrogen-bond donors (Lipinski definition) is 3. The van der Waals surface area contributed by atoms with Gasteiger partial charge in [-0.3, -0.25) is 19.3 Å². The highest BCUT2D eigenvalue weighted by Crippen LogP contribution is 2.20. The van der Waals surface area contributed by atoms with Crippen molar-refractivity contribution in [1.29, 1.82) is 0 Å². The molecular weight excluding hydrogens is 368 g/mol. The molecule has 0 aromatic heterocycles. The first-order valence-electron chi connectivity index (χ1n) is 8.24. The number of para-hydroxylation sites is 1. The van der Waals surface area contributed by atoms with Crippen molar-refractivity contribution in [3.05, 3.63) is 59.1 Å².